The Bertz CT molecular complexity index is 1220. The Morgan fingerprint density at radius 3 is 2.60 bits per heavy atom. The van der Waals surface area contributed by atoms with Crippen LogP contribution in [0.5, 0.6) is 5.75 Å². The first-order chi connectivity index (χ1) is 14.6. The van der Waals surface area contributed by atoms with E-state index < -0.39 is 5.97 Å². The molecule has 2 aromatic heterocycles. The van der Waals surface area contributed by atoms with Gasteiger partial charge in [0.2, 0.25) is 0 Å². The van der Waals surface area contributed by atoms with E-state index in [1.807, 2.05) is 42.5 Å². The van der Waals surface area contributed by atoms with Crippen molar-refractivity contribution in [3.8, 4) is 17.1 Å². The molecule has 2 heterocycles. The molecule has 1 N–H and O–H groups in total. The van der Waals surface area contributed by atoms with Gasteiger partial charge in [0, 0.05) is 11.6 Å². The maximum absolute atomic E-state index is 12.3. The number of hydrogen-bond donors (Lipinski definition) is 1. The number of nitrogens with one attached hydrogen (secondary N) is 1. The molecule has 0 saturated heterocycles. The number of thioether (sulfide) groups is 1. The highest BCUT2D eigenvalue weighted by atomic mass is 32.2. The summed E-state index contributed by atoms with van der Waals surface area (Å²) in [7, 11) is 0. The first-order valence-electron chi connectivity index (χ1n) is 9.60. The molecule has 0 unspecified atom stereocenters. The minimum atomic E-state index is -0.397. The van der Waals surface area contributed by atoms with E-state index in [9.17, 15) is 9.59 Å². The van der Waals surface area contributed by atoms with Crippen molar-refractivity contribution < 1.29 is 9.53 Å². The average molecular weight is 420 g/mol. The number of aryl methyl sites for hydroxylation is 1. The molecule has 4 aromatic rings. The first kappa shape index (κ1) is 19.9. The van der Waals surface area contributed by atoms with E-state index in [1.54, 1.807) is 12.1 Å². The van der Waals surface area contributed by atoms with Gasteiger partial charge < -0.3 is 4.74 Å². The summed E-state index contributed by atoms with van der Waals surface area (Å²) in [6.45, 7) is 2.12. The number of rotatable bonds is 7. The maximum Gasteiger partial charge on any atom is 0.321 e. The quantitative estimate of drug-likeness (QED) is 0.278. The highest BCUT2D eigenvalue weighted by Crippen LogP contribution is 2.22. The fraction of sp³-hybridized carbons (Fsp3) is 0.182. The van der Waals surface area contributed by atoms with Crippen molar-refractivity contribution in [2.75, 3.05) is 5.75 Å². The lowest BCUT2D eigenvalue weighted by molar-refractivity contribution is -0.131. The Kier molecular flexibility index (Phi) is 5.94. The lowest BCUT2D eigenvalue weighted by Gasteiger charge is -2.08. The number of carbonyl (C=O) groups excluding carboxylic acids is 1. The molecule has 0 aliphatic rings. The standard InChI is InChI=1S/C22H20N4O3S/c1-2-6-15-9-11-17(12-10-15)29-20(28)14-30-22-24-21(16-7-4-3-5-8-16)23-18-13-19(27)25-26(18)22/h3-5,7-13H,2,6,14H2,1H3,(H,25,27). The largest absolute Gasteiger partial charge is 0.426 e. The molecule has 0 aliphatic heterocycles. The van der Waals surface area contributed by atoms with E-state index in [0.717, 1.165) is 18.4 Å². The third-order valence-corrected chi connectivity index (χ3v) is 5.28. The van der Waals surface area contributed by atoms with Crippen LogP contribution in [0, 0.1) is 0 Å². The van der Waals surface area contributed by atoms with Gasteiger partial charge in [0.05, 0.1) is 5.75 Å². The van der Waals surface area contributed by atoms with Gasteiger partial charge in [0.1, 0.15) is 5.75 Å². The van der Waals surface area contributed by atoms with Gasteiger partial charge in [-0.3, -0.25) is 14.7 Å². The monoisotopic (exact) mass is 420 g/mol. The van der Waals surface area contributed by atoms with Crippen molar-refractivity contribution in [3.05, 3.63) is 76.6 Å². The van der Waals surface area contributed by atoms with E-state index in [1.165, 1.54) is 27.9 Å². The van der Waals surface area contributed by atoms with Gasteiger partial charge in [0.15, 0.2) is 16.6 Å². The first-order valence-corrected chi connectivity index (χ1v) is 10.6. The summed E-state index contributed by atoms with van der Waals surface area (Å²) in [4.78, 5) is 33.1. The molecule has 0 aliphatic carbocycles. The van der Waals surface area contributed by atoms with Gasteiger partial charge in [-0.05, 0) is 24.1 Å². The Balaban J connectivity index is 1.51. The van der Waals surface area contributed by atoms with Gasteiger partial charge in [-0.2, -0.15) is 0 Å². The molecular formula is C22H20N4O3S. The number of aromatic nitrogens is 4. The average Bonchev–Trinajstić information content (AvgIpc) is 3.14. The molecule has 0 bridgehead atoms. The molecular weight excluding hydrogens is 400 g/mol. The number of carbonyl (C=O) groups is 1. The summed E-state index contributed by atoms with van der Waals surface area (Å²) >= 11 is 1.18. The molecule has 30 heavy (non-hydrogen) atoms. The van der Waals surface area contributed by atoms with Gasteiger partial charge in [-0.1, -0.05) is 67.6 Å². The lowest BCUT2D eigenvalue weighted by atomic mass is 10.1. The summed E-state index contributed by atoms with van der Waals surface area (Å²) in [5, 5.41) is 3.12. The molecule has 2 aromatic carbocycles. The highest BCUT2D eigenvalue weighted by Gasteiger charge is 2.14. The summed E-state index contributed by atoms with van der Waals surface area (Å²) in [6, 6.07) is 18.4. The van der Waals surface area contributed by atoms with E-state index >= 15 is 0 Å². The number of nitrogens with zero attached hydrogens (tertiary/aromatic N) is 3. The number of aromatic amines is 1. The zero-order valence-electron chi connectivity index (χ0n) is 16.4. The van der Waals surface area contributed by atoms with E-state index in [0.29, 0.717) is 22.4 Å². The molecule has 0 atom stereocenters. The topological polar surface area (TPSA) is 89.3 Å². The van der Waals surface area contributed by atoms with E-state index in [2.05, 4.69) is 22.0 Å². The van der Waals surface area contributed by atoms with Crippen LogP contribution >= 0.6 is 11.8 Å². The Hall–Kier alpha value is -3.39. The summed E-state index contributed by atoms with van der Waals surface area (Å²) in [5.41, 5.74) is 2.19. The Labute approximate surface area is 177 Å². The second-order valence-corrected chi connectivity index (χ2v) is 7.61. The Morgan fingerprint density at radius 2 is 1.87 bits per heavy atom. The number of hydrogen-bond acceptors (Lipinski definition) is 6. The van der Waals surface area contributed by atoms with Crippen LogP contribution in [0.1, 0.15) is 18.9 Å². The smallest absolute Gasteiger partial charge is 0.321 e. The van der Waals surface area contributed by atoms with Gasteiger partial charge >= 0.3 is 5.97 Å². The second kappa shape index (κ2) is 8.96. The number of esters is 1. The van der Waals surface area contributed by atoms with Crippen LogP contribution in [-0.2, 0) is 11.2 Å². The molecule has 4 rings (SSSR count). The molecule has 0 fully saturated rings. The van der Waals surface area contributed by atoms with Crippen LogP contribution < -0.4 is 10.3 Å². The van der Waals surface area contributed by atoms with E-state index in [4.69, 9.17) is 4.74 Å². The predicted molar refractivity (Wildman–Crippen MR) is 116 cm³/mol. The van der Waals surface area contributed by atoms with Crippen LogP contribution in [0.15, 0.2) is 70.6 Å². The van der Waals surface area contributed by atoms with Crippen molar-refractivity contribution in [1.29, 1.82) is 0 Å². The SMILES string of the molecule is CCCc1ccc(OC(=O)CSc2nc(-c3ccccc3)nc3cc(=O)[nH]n23)cc1. The molecule has 0 radical (unpaired) electrons. The van der Waals surface area contributed by atoms with Crippen molar-refractivity contribution in [2.45, 2.75) is 24.9 Å². The number of benzene rings is 2. The zero-order chi connectivity index (χ0) is 20.9. The molecule has 7 nitrogen and oxygen atoms in total. The van der Waals surface area contributed by atoms with Crippen LogP contribution in [0.4, 0.5) is 0 Å². The van der Waals surface area contributed by atoms with Crippen molar-refractivity contribution in [3.63, 3.8) is 0 Å². The maximum atomic E-state index is 12.3. The predicted octanol–water partition coefficient (Wildman–Crippen LogP) is 3.73. The molecule has 0 amide bonds. The van der Waals surface area contributed by atoms with Crippen LogP contribution in [0.2, 0.25) is 0 Å². The minimum absolute atomic E-state index is 0.0390. The second-order valence-electron chi connectivity index (χ2n) is 6.67. The van der Waals surface area contributed by atoms with Crippen LogP contribution in [0.3, 0.4) is 0 Å². The number of ether oxygens (including phenoxy) is 1. The molecule has 8 heteroatoms. The highest BCUT2D eigenvalue weighted by molar-refractivity contribution is 7.99. The number of H-pyrrole nitrogens is 1. The molecule has 152 valence electrons. The fourth-order valence-corrected chi connectivity index (χ4v) is 3.72. The third kappa shape index (κ3) is 4.60. The minimum Gasteiger partial charge on any atom is -0.426 e. The van der Waals surface area contributed by atoms with Crippen molar-refractivity contribution in [1.82, 2.24) is 19.6 Å². The van der Waals surface area contributed by atoms with Gasteiger partial charge in [-0.15, -0.1) is 0 Å². The Morgan fingerprint density at radius 1 is 1.10 bits per heavy atom. The number of fused-ring (bicyclic) bond motifs is 1. The van der Waals surface area contributed by atoms with Crippen molar-refractivity contribution in [2.24, 2.45) is 0 Å². The molecule has 0 spiro atoms. The summed E-state index contributed by atoms with van der Waals surface area (Å²) < 4.78 is 6.90. The normalized spacial score (nSPS) is 11.0. The fourth-order valence-electron chi connectivity index (χ4n) is 2.99. The summed E-state index contributed by atoms with van der Waals surface area (Å²) in [5.74, 6) is 0.632. The van der Waals surface area contributed by atoms with E-state index in [-0.39, 0.29) is 11.3 Å². The van der Waals surface area contributed by atoms with Crippen molar-refractivity contribution >= 4 is 23.4 Å². The summed E-state index contributed by atoms with van der Waals surface area (Å²) in [6.07, 6.45) is 2.06. The third-order valence-electron chi connectivity index (χ3n) is 4.37. The van der Waals surface area contributed by atoms with Crippen LogP contribution in [0.25, 0.3) is 17.0 Å². The van der Waals surface area contributed by atoms with Gasteiger partial charge in [-0.25, -0.2) is 14.5 Å². The lowest BCUT2D eigenvalue weighted by Crippen LogP contribution is -2.12. The molecule has 0 saturated carbocycles. The van der Waals surface area contributed by atoms with Crippen LogP contribution in [-0.4, -0.2) is 31.3 Å². The zero-order valence-corrected chi connectivity index (χ0v) is 17.2. The van der Waals surface area contributed by atoms with Gasteiger partial charge in [0.25, 0.3) is 5.56 Å².